The molecule has 0 bridgehead atoms. The van der Waals surface area contributed by atoms with E-state index in [-0.39, 0.29) is 23.9 Å². The zero-order valence-electron chi connectivity index (χ0n) is 15.9. The summed E-state index contributed by atoms with van der Waals surface area (Å²) in [5.41, 5.74) is 1.92. The molecule has 2 unspecified atom stereocenters. The smallest absolute Gasteiger partial charge is 0.387 e. The number of amides is 2. The fraction of sp³-hybridized carbons (Fsp3) is 0.429. The SMILES string of the molecule is CC(NC(=O)N1CCCCCC1c1ccncc1)c1ccc(OC(F)F)cc1. The number of pyridine rings is 1. The number of nitrogens with one attached hydrogen (secondary N) is 1. The molecule has 2 aromatic rings. The molecule has 0 radical (unpaired) electrons. The highest BCUT2D eigenvalue weighted by atomic mass is 19.3. The number of hydrogen-bond acceptors (Lipinski definition) is 3. The Kier molecular flexibility index (Phi) is 6.79. The minimum absolute atomic E-state index is 0.0273. The highest BCUT2D eigenvalue weighted by Crippen LogP contribution is 2.30. The number of urea groups is 1. The van der Waals surface area contributed by atoms with Gasteiger partial charge in [-0.25, -0.2) is 4.79 Å². The molecule has 2 heterocycles. The molecular formula is C21H25F2N3O2. The number of halogens is 2. The largest absolute Gasteiger partial charge is 0.435 e. The van der Waals surface area contributed by atoms with Crippen molar-refractivity contribution in [2.75, 3.05) is 6.54 Å². The molecule has 150 valence electrons. The lowest BCUT2D eigenvalue weighted by Gasteiger charge is -2.31. The standard InChI is InChI=1S/C21H25F2N3O2/c1-15(16-6-8-18(9-7-16)28-20(22)23)25-21(27)26-14-4-2-3-5-19(26)17-10-12-24-13-11-17/h6-13,15,19-20H,2-5,14H2,1H3,(H,25,27). The van der Waals surface area contributed by atoms with E-state index in [1.54, 1.807) is 24.5 Å². The lowest BCUT2D eigenvalue weighted by molar-refractivity contribution is -0.0498. The highest BCUT2D eigenvalue weighted by molar-refractivity contribution is 5.75. The maximum absolute atomic E-state index is 13.0. The van der Waals surface area contributed by atoms with Crippen molar-refractivity contribution in [3.05, 3.63) is 59.9 Å². The van der Waals surface area contributed by atoms with Crippen LogP contribution in [0.25, 0.3) is 0 Å². The summed E-state index contributed by atoms with van der Waals surface area (Å²) < 4.78 is 28.9. The normalized spacial score (nSPS) is 18.4. The summed E-state index contributed by atoms with van der Waals surface area (Å²) >= 11 is 0. The minimum Gasteiger partial charge on any atom is -0.435 e. The van der Waals surface area contributed by atoms with E-state index in [1.165, 1.54) is 12.1 Å². The molecule has 1 aliphatic heterocycles. The predicted molar refractivity (Wildman–Crippen MR) is 102 cm³/mol. The van der Waals surface area contributed by atoms with Crippen LogP contribution in [0.3, 0.4) is 0 Å². The van der Waals surface area contributed by atoms with Crippen molar-refractivity contribution in [2.45, 2.75) is 51.3 Å². The zero-order chi connectivity index (χ0) is 19.9. The van der Waals surface area contributed by atoms with Crippen LogP contribution in [-0.4, -0.2) is 29.1 Å². The first kappa shape index (κ1) is 20.0. The van der Waals surface area contributed by atoms with E-state index >= 15 is 0 Å². The Morgan fingerprint density at radius 1 is 1.14 bits per heavy atom. The van der Waals surface area contributed by atoms with Gasteiger partial charge in [0, 0.05) is 18.9 Å². The third-order valence-electron chi connectivity index (χ3n) is 5.05. The quantitative estimate of drug-likeness (QED) is 0.777. The van der Waals surface area contributed by atoms with Crippen molar-refractivity contribution in [3.63, 3.8) is 0 Å². The van der Waals surface area contributed by atoms with Gasteiger partial charge >= 0.3 is 12.6 Å². The van der Waals surface area contributed by atoms with Gasteiger partial charge in [0.05, 0.1) is 12.1 Å². The predicted octanol–water partition coefficient (Wildman–Crippen LogP) is 5.07. The van der Waals surface area contributed by atoms with E-state index in [9.17, 15) is 13.6 Å². The number of nitrogens with zero attached hydrogens (tertiary/aromatic N) is 2. The number of aromatic nitrogens is 1. The molecule has 1 fully saturated rings. The summed E-state index contributed by atoms with van der Waals surface area (Å²) in [4.78, 5) is 19.0. The summed E-state index contributed by atoms with van der Waals surface area (Å²) in [6.07, 6.45) is 7.59. The number of hydrogen-bond donors (Lipinski definition) is 1. The van der Waals surface area contributed by atoms with Crippen molar-refractivity contribution in [1.29, 1.82) is 0 Å². The minimum atomic E-state index is -2.85. The van der Waals surface area contributed by atoms with Gasteiger partial charge in [-0.05, 0) is 55.2 Å². The van der Waals surface area contributed by atoms with Crippen LogP contribution in [0.1, 0.15) is 55.8 Å². The van der Waals surface area contributed by atoms with E-state index in [0.29, 0.717) is 6.54 Å². The topological polar surface area (TPSA) is 54.5 Å². The molecule has 1 aromatic carbocycles. The summed E-state index contributed by atoms with van der Waals surface area (Å²) in [7, 11) is 0. The van der Waals surface area contributed by atoms with E-state index in [2.05, 4.69) is 15.0 Å². The van der Waals surface area contributed by atoms with Crippen LogP contribution in [0, 0.1) is 0 Å². The lowest BCUT2D eigenvalue weighted by Crippen LogP contribution is -2.43. The second-order valence-electron chi connectivity index (χ2n) is 6.96. The Morgan fingerprint density at radius 2 is 1.86 bits per heavy atom. The second-order valence-corrected chi connectivity index (χ2v) is 6.96. The van der Waals surface area contributed by atoms with Crippen LogP contribution in [-0.2, 0) is 0 Å². The molecule has 28 heavy (non-hydrogen) atoms. The van der Waals surface area contributed by atoms with Crippen molar-refractivity contribution in [3.8, 4) is 5.75 Å². The molecule has 3 rings (SSSR count). The average molecular weight is 389 g/mol. The fourth-order valence-corrected chi connectivity index (χ4v) is 3.57. The van der Waals surface area contributed by atoms with Gasteiger partial charge < -0.3 is 15.0 Å². The van der Waals surface area contributed by atoms with Gasteiger partial charge in [-0.3, -0.25) is 4.98 Å². The number of carbonyl (C=O) groups is 1. The Morgan fingerprint density at radius 3 is 2.54 bits per heavy atom. The summed E-state index contributed by atoms with van der Waals surface area (Å²) in [5, 5.41) is 3.04. The van der Waals surface area contributed by atoms with Crippen molar-refractivity contribution in [2.24, 2.45) is 0 Å². The van der Waals surface area contributed by atoms with Gasteiger partial charge in [-0.15, -0.1) is 0 Å². The third-order valence-corrected chi connectivity index (χ3v) is 5.05. The molecule has 1 aromatic heterocycles. The number of benzene rings is 1. The molecule has 0 saturated carbocycles. The number of likely N-dealkylation sites (tertiary alicyclic amines) is 1. The molecule has 2 amide bonds. The molecule has 7 heteroatoms. The lowest BCUT2D eigenvalue weighted by atomic mass is 10.0. The van der Waals surface area contributed by atoms with Gasteiger partial charge in [0.1, 0.15) is 5.75 Å². The van der Waals surface area contributed by atoms with Gasteiger partial charge in [0.15, 0.2) is 0 Å². The van der Waals surface area contributed by atoms with E-state index < -0.39 is 6.61 Å². The molecule has 1 saturated heterocycles. The van der Waals surface area contributed by atoms with Crippen LogP contribution < -0.4 is 10.1 Å². The maximum Gasteiger partial charge on any atom is 0.387 e. The van der Waals surface area contributed by atoms with E-state index in [1.807, 2.05) is 24.0 Å². The fourth-order valence-electron chi connectivity index (χ4n) is 3.57. The molecule has 0 spiro atoms. The van der Waals surface area contributed by atoms with Crippen LogP contribution in [0.5, 0.6) is 5.75 Å². The summed E-state index contributed by atoms with van der Waals surface area (Å²) in [6.45, 7) is -0.275. The van der Waals surface area contributed by atoms with Gasteiger partial charge in [0.25, 0.3) is 0 Å². The first-order valence-corrected chi connectivity index (χ1v) is 9.56. The van der Waals surface area contributed by atoms with Crippen molar-refractivity contribution < 1.29 is 18.3 Å². The number of rotatable bonds is 5. The van der Waals surface area contributed by atoms with Gasteiger partial charge in [-0.1, -0.05) is 25.0 Å². The van der Waals surface area contributed by atoms with E-state index in [0.717, 1.165) is 36.8 Å². The molecular weight excluding hydrogens is 364 g/mol. The highest BCUT2D eigenvalue weighted by Gasteiger charge is 2.27. The molecule has 5 nitrogen and oxygen atoms in total. The zero-order valence-corrected chi connectivity index (χ0v) is 15.9. The Balaban J connectivity index is 1.69. The second kappa shape index (κ2) is 9.48. The van der Waals surface area contributed by atoms with Crippen molar-refractivity contribution in [1.82, 2.24) is 15.2 Å². The number of carbonyl (C=O) groups excluding carboxylic acids is 1. The molecule has 1 N–H and O–H groups in total. The number of ether oxygens (including phenoxy) is 1. The van der Waals surface area contributed by atoms with Crippen LogP contribution in [0.15, 0.2) is 48.8 Å². The summed E-state index contributed by atoms with van der Waals surface area (Å²) in [5.74, 6) is 0.0996. The first-order valence-electron chi connectivity index (χ1n) is 9.56. The van der Waals surface area contributed by atoms with Gasteiger partial charge in [-0.2, -0.15) is 8.78 Å². The molecule has 0 aliphatic carbocycles. The van der Waals surface area contributed by atoms with Crippen LogP contribution in [0.4, 0.5) is 13.6 Å². The Hall–Kier alpha value is -2.70. The third kappa shape index (κ3) is 5.18. The average Bonchev–Trinajstić information content (AvgIpc) is 2.95. The van der Waals surface area contributed by atoms with Crippen molar-refractivity contribution >= 4 is 6.03 Å². The summed E-state index contributed by atoms with van der Waals surface area (Å²) in [6, 6.07) is 9.91. The monoisotopic (exact) mass is 389 g/mol. The maximum atomic E-state index is 13.0. The van der Waals surface area contributed by atoms with Crippen LogP contribution in [0.2, 0.25) is 0 Å². The molecule has 1 aliphatic rings. The van der Waals surface area contributed by atoms with Crippen LogP contribution >= 0.6 is 0 Å². The first-order chi connectivity index (χ1) is 13.5. The molecule has 2 atom stereocenters. The Labute approximate surface area is 163 Å². The Bertz CT molecular complexity index is 756. The van der Waals surface area contributed by atoms with Gasteiger partial charge in [0.2, 0.25) is 0 Å². The van der Waals surface area contributed by atoms with E-state index in [4.69, 9.17) is 0 Å². The number of alkyl halides is 2.